The second-order valence-electron chi connectivity index (χ2n) is 4.24. The predicted molar refractivity (Wildman–Crippen MR) is 72.6 cm³/mol. The van der Waals surface area contributed by atoms with E-state index >= 15 is 0 Å². The molecular formula is C16H11NO2. The van der Waals surface area contributed by atoms with Gasteiger partial charge in [0.25, 0.3) is 0 Å². The largest absolute Gasteiger partial charge is 0.434 e. The Bertz CT molecular complexity index is 685. The molecule has 0 saturated carbocycles. The molecule has 0 aliphatic carbocycles. The molecule has 1 aliphatic heterocycles. The molecule has 19 heavy (non-hydrogen) atoms. The van der Waals surface area contributed by atoms with E-state index in [4.69, 9.17) is 11.2 Å². The zero-order valence-electron chi connectivity index (χ0n) is 10.1. The summed E-state index contributed by atoms with van der Waals surface area (Å²) in [5.74, 6) is 2.27. The predicted octanol–water partition coefficient (Wildman–Crippen LogP) is 2.95. The first-order chi connectivity index (χ1) is 9.28. The van der Waals surface area contributed by atoms with Gasteiger partial charge in [0.05, 0.1) is 5.56 Å². The number of rotatable bonds is 2. The van der Waals surface area contributed by atoms with Crippen molar-refractivity contribution >= 4 is 11.7 Å². The highest BCUT2D eigenvalue weighted by Crippen LogP contribution is 2.31. The number of terminal acetylenes is 1. The van der Waals surface area contributed by atoms with Crippen LogP contribution in [0.25, 0.3) is 0 Å². The van der Waals surface area contributed by atoms with Gasteiger partial charge in [0.2, 0.25) is 6.23 Å². The molecule has 0 amide bonds. The van der Waals surface area contributed by atoms with E-state index in [1.807, 2.05) is 42.5 Å². The lowest BCUT2D eigenvalue weighted by Gasteiger charge is -2.14. The van der Waals surface area contributed by atoms with E-state index in [2.05, 4.69) is 11.2 Å². The highest BCUT2D eigenvalue weighted by atomic mass is 16.6. The molecule has 0 spiro atoms. The van der Waals surface area contributed by atoms with Crippen molar-refractivity contribution in [2.24, 2.45) is 0 Å². The average Bonchev–Trinajstić information content (AvgIpc) is 2.76. The van der Waals surface area contributed by atoms with Gasteiger partial charge in [0.15, 0.2) is 0 Å². The van der Waals surface area contributed by atoms with Gasteiger partial charge >= 0.3 is 5.97 Å². The molecule has 1 unspecified atom stereocenters. The maximum atomic E-state index is 11.7. The van der Waals surface area contributed by atoms with Gasteiger partial charge in [-0.25, -0.2) is 4.79 Å². The van der Waals surface area contributed by atoms with Crippen LogP contribution in [-0.4, -0.2) is 5.97 Å². The number of carbonyl (C=O) groups excluding carboxylic acids is 1. The molecule has 2 aromatic rings. The van der Waals surface area contributed by atoms with Gasteiger partial charge in [0.1, 0.15) is 0 Å². The van der Waals surface area contributed by atoms with Gasteiger partial charge in [0, 0.05) is 16.8 Å². The summed E-state index contributed by atoms with van der Waals surface area (Å²) >= 11 is 0. The van der Waals surface area contributed by atoms with Gasteiger partial charge in [-0.2, -0.15) is 0 Å². The molecule has 0 aromatic heterocycles. The van der Waals surface area contributed by atoms with Gasteiger partial charge < -0.3 is 10.1 Å². The molecule has 0 fully saturated rings. The molecule has 1 heterocycles. The first-order valence-electron chi connectivity index (χ1n) is 5.91. The van der Waals surface area contributed by atoms with Crippen LogP contribution in [0.2, 0.25) is 0 Å². The summed E-state index contributed by atoms with van der Waals surface area (Å²) in [4.78, 5) is 11.7. The standard InChI is InChI=1S/C16H11NO2/c1-2-11-6-5-7-12(10-11)17-15-13-8-3-4-9-14(13)16(18)19-15/h1,3-10,15,17H. The van der Waals surface area contributed by atoms with E-state index in [9.17, 15) is 4.79 Å². The van der Waals surface area contributed by atoms with Crippen LogP contribution in [0.3, 0.4) is 0 Å². The molecule has 1 N–H and O–H groups in total. The zero-order chi connectivity index (χ0) is 13.2. The van der Waals surface area contributed by atoms with Gasteiger partial charge in [-0.05, 0) is 24.3 Å². The molecule has 3 nitrogen and oxygen atoms in total. The number of benzene rings is 2. The topological polar surface area (TPSA) is 38.3 Å². The number of cyclic esters (lactones) is 1. The van der Waals surface area contributed by atoms with Crippen molar-refractivity contribution in [1.29, 1.82) is 0 Å². The molecule has 3 heteroatoms. The van der Waals surface area contributed by atoms with Crippen molar-refractivity contribution in [3.63, 3.8) is 0 Å². The van der Waals surface area contributed by atoms with Gasteiger partial charge in [-0.15, -0.1) is 6.42 Å². The van der Waals surface area contributed by atoms with E-state index in [0.29, 0.717) is 5.56 Å². The fourth-order valence-electron chi connectivity index (χ4n) is 2.10. The number of hydrogen-bond donors (Lipinski definition) is 1. The highest BCUT2D eigenvalue weighted by Gasteiger charge is 2.30. The smallest absolute Gasteiger partial charge is 0.340 e. The van der Waals surface area contributed by atoms with Crippen LogP contribution in [-0.2, 0) is 4.74 Å². The summed E-state index contributed by atoms with van der Waals surface area (Å²) in [6.45, 7) is 0. The second kappa shape index (κ2) is 4.51. The summed E-state index contributed by atoms with van der Waals surface area (Å²) in [5, 5.41) is 3.16. The first kappa shape index (κ1) is 11.4. The fraction of sp³-hybridized carbons (Fsp3) is 0.0625. The Morgan fingerprint density at radius 2 is 2.00 bits per heavy atom. The lowest BCUT2D eigenvalue weighted by molar-refractivity contribution is 0.0437. The van der Waals surface area contributed by atoms with Gasteiger partial charge in [-0.1, -0.05) is 30.2 Å². The van der Waals surface area contributed by atoms with Gasteiger partial charge in [-0.3, -0.25) is 0 Å². The van der Waals surface area contributed by atoms with Crippen molar-refractivity contribution in [3.8, 4) is 12.3 Å². The van der Waals surface area contributed by atoms with Crippen molar-refractivity contribution in [2.45, 2.75) is 6.23 Å². The fourth-order valence-corrected chi connectivity index (χ4v) is 2.10. The normalized spacial score (nSPS) is 16.4. The lowest BCUT2D eigenvalue weighted by Crippen LogP contribution is -2.10. The summed E-state index contributed by atoms with van der Waals surface area (Å²) in [6.07, 6.45) is 4.90. The molecule has 2 aromatic carbocycles. The van der Waals surface area contributed by atoms with Crippen molar-refractivity contribution in [3.05, 3.63) is 65.2 Å². The van der Waals surface area contributed by atoms with Crippen LogP contribution in [0.5, 0.6) is 0 Å². The Hall–Kier alpha value is -2.73. The third-order valence-corrected chi connectivity index (χ3v) is 3.02. The Morgan fingerprint density at radius 3 is 2.84 bits per heavy atom. The van der Waals surface area contributed by atoms with Crippen LogP contribution >= 0.6 is 0 Å². The molecule has 0 bridgehead atoms. The van der Waals surface area contributed by atoms with Crippen LogP contribution in [0, 0.1) is 12.3 Å². The minimum absolute atomic E-state index is 0.304. The monoisotopic (exact) mass is 249 g/mol. The Morgan fingerprint density at radius 1 is 1.16 bits per heavy atom. The molecule has 1 aliphatic rings. The van der Waals surface area contributed by atoms with Crippen molar-refractivity contribution in [1.82, 2.24) is 0 Å². The lowest BCUT2D eigenvalue weighted by atomic mass is 10.1. The Labute approximate surface area is 111 Å². The summed E-state index contributed by atoms with van der Waals surface area (Å²) in [7, 11) is 0. The van der Waals surface area contributed by atoms with E-state index in [1.165, 1.54) is 0 Å². The quantitative estimate of drug-likeness (QED) is 0.657. The Balaban J connectivity index is 1.89. The third kappa shape index (κ3) is 2.04. The number of ether oxygens (including phenoxy) is 1. The highest BCUT2D eigenvalue weighted by molar-refractivity contribution is 5.94. The molecule has 3 rings (SSSR count). The SMILES string of the molecule is C#Cc1cccc(NC2OC(=O)c3ccccc32)c1. The minimum Gasteiger partial charge on any atom is -0.434 e. The van der Waals surface area contributed by atoms with Crippen LogP contribution < -0.4 is 5.32 Å². The second-order valence-corrected chi connectivity index (χ2v) is 4.24. The number of hydrogen-bond acceptors (Lipinski definition) is 3. The average molecular weight is 249 g/mol. The molecule has 0 radical (unpaired) electrons. The molecule has 0 saturated heterocycles. The maximum Gasteiger partial charge on any atom is 0.340 e. The summed E-state index contributed by atoms with van der Waals surface area (Å²) in [5.41, 5.74) is 3.05. The summed E-state index contributed by atoms with van der Waals surface area (Å²) < 4.78 is 5.31. The van der Waals surface area contributed by atoms with E-state index in [-0.39, 0.29) is 5.97 Å². The number of carbonyl (C=O) groups is 1. The number of anilines is 1. The van der Waals surface area contributed by atoms with Crippen LogP contribution in [0.4, 0.5) is 5.69 Å². The number of nitrogens with one attached hydrogen (secondary N) is 1. The third-order valence-electron chi connectivity index (χ3n) is 3.02. The van der Waals surface area contributed by atoms with Crippen molar-refractivity contribution in [2.75, 3.05) is 5.32 Å². The minimum atomic E-state index is -0.461. The van der Waals surface area contributed by atoms with Crippen molar-refractivity contribution < 1.29 is 9.53 Å². The molecular weight excluding hydrogens is 238 g/mol. The van der Waals surface area contributed by atoms with E-state index in [1.54, 1.807) is 6.07 Å². The number of fused-ring (bicyclic) bond motifs is 1. The van der Waals surface area contributed by atoms with Crippen LogP contribution in [0.15, 0.2) is 48.5 Å². The number of esters is 1. The Kier molecular flexibility index (Phi) is 2.70. The molecule has 1 atom stereocenters. The zero-order valence-corrected chi connectivity index (χ0v) is 10.1. The van der Waals surface area contributed by atoms with E-state index < -0.39 is 6.23 Å². The maximum absolute atomic E-state index is 11.7. The van der Waals surface area contributed by atoms with E-state index in [0.717, 1.165) is 16.8 Å². The molecule has 92 valence electrons. The first-order valence-corrected chi connectivity index (χ1v) is 5.91. The summed E-state index contributed by atoms with van der Waals surface area (Å²) in [6, 6.07) is 14.8. The van der Waals surface area contributed by atoms with Crippen LogP contribution in [0.1, 0.15) is 27.7 Å².